The van der Waals surface area contributed by atoms with Crippen LogP contribution in [0.25, 0.3) is 22.4 Å². The van der Waals surface area contributed by atoms with Crippen LogP contribution in [0.5, 0.6) is 0 Å². The average Bonchev–Trinajstić information content (AvgIpc) is 3.03. The molecular weight excluding hydrogens is 318 g/mol. The second-order valence-corrected chi connectivity index (χ2v) is 5.40. The fourth-order valence-corrected chi connectivity index (χ4v) is 2.56. The van der Waals surface area contributed by atoms with E-state index in [1.807, 2.05) is 30.3 Å². The van der Waals surface area contributed by atoms with E-state index in [0.717, 1.165) is 5.56 Å². The molecule has 0 aliphatic heterocycles. The molecule has 25 heavy (non-hydrogen) atoms. The van der Waals surface area contributed by atoms with E-state index >= 15 is 0 Å². The molecule has 0 fully saturated rings. The molecular formula is C18H13N5O2. The molecule has 0 aliphatic carbocycles. The molecule has 7 heteroatoms. The molecule has 1 N–H and O–H groups in total. The molecule has 0 bridgehead atoms. The largest absolute Gasteiger partial charge is 0.335 e. The Bertz CT molecular complexity index is 1050. The molecule has 0 spiro atoms. The number of rotatable bonds is 3. The van der Waals surface area contributed by atoms with Gasteiger partial charge in [-0.2, -0.15) is 0 Å². The average molecular weight is 331 g/mol. The lowest BCUT2D eigenvalue weighted by Crippen LogP contribution is -2.15. The van der Waals surface area contributed by atoms with Crippen LogP contribution in [0.3, 0.4) is 0 Å². The summed E-state index contributed by atoms with van der Waals surface area (Å²) >= 11 is 0. The normalized spacial score (nSPS) is 10.8. The fraction of sp³-hybridized carbons (Fsp3) is 0.0556. The van der Waals surface area contributed by atoms with Crippen molar-refractivity contribution in [2.75, 3.05) is 5.32 Å². The van der Waals surface area contributed by atoms with Gasteiger partial charge in [0, 0.05) is 18.0 Å². The molecule has 0 atom stereocenters. The number of hydrogen-bond donors (Lipinski definition) is 1. The lowest BCUT2D eigenvalue weighted by Gasteiger charge is -2.07. The Kier molecular flexibility index (Phi) is 3.66. The van der Waals surface area contributed by atoms with Gasteiger partial charge in [0.05, 0.1) is 22.3 Å². The van der Waals surface area contributed by atoms with Gasteiger partial charge in [0.2, 0.25) is 5.95 Å². The Morgan fingerprint density at radius 1 is 1.08 bits per heavy atom. The second-order valence-electron chi connectivity index (χ2n) is 5.40. The number of fused-ring (bicyclic) bond motifs is 1. The quantitative estimate of drug-likeness (QED) is 0.619. The van der Waals surface area contributed by atoms with Gasteiger partial charge >= 0.3 is 0 Å². The van der Waals surface area contributed by atoms with Gasteiger partial charge in [0.15, 0.2) is 0 Å². The van der Waals surface area contributed by atoms with Gasteiger partial charge in [-0.05, 0) is 19.1 Å². The van der Waals surface area contributed by atoms with Crippen molar-refractivity contribution in [1.29, 1.82) is 0 Å². The van der Waals surface area contributed by atoms with Crippen molar-refractivity contribution in [2.24, 2.45) is 0 Å². The Morgan fingerprint density at radius 3 is 2.60 bits per heavy atom. The van der Waals surface area contributed by atoms with Gasteiger partial charge in [-0.15, -0.1) is 0 Å². The maximum Gasteiger partial charge on any atom is 0.259 e. The summed E-state index contributed by atoms with van der Waals surface area (Å²) in [6, 6.07) is 13.0. The molecule has 0 aliphatic rings. The summed E-state index contributed by atoms with van der Waals surface area (Å²) < 4.78 is 5.28. The summed E-state index contributed by atoms with van der Waals surface area (Å²) in [5.41, 5.74) is 2.83. The highest BCUT2D eigenvalue weighted by molar-refractivity contribution is 6.12. The van der Waals surface area contributed by atoms with Crippen LogP contribution >= 0.6 is 0 Å². The van der Waals surface area contributed by atoms with Gasteiger partial charge < -0.3 is 4.52 Å². The van der Waals surface area contributed by atoms with E-state index in [2.05, 4.69) is 25.4 Å². The van der Waals surface area contributed by atoms with Crippen LogP contribution in [0.1, 0.15) is 16.1 Å². The molecule has 3 aromatic heterocycles. The number of hydrogen-bond acceptors (Lipinski definition) is 6. The number of pyridine rings is 1. The minimum absolute atomic E-state index is 0.229. The highest BCUT2D eigenvalue weighted by atomic mass is 16.5. The summed E-state index contributed by atoms with van der Waals surface area (Å²) in [4.78, 5) is 25.3. The minimum atomic E-state index is -0.345. The first-order valence-corrected chi connectivity index (χ1v) is 7.63. The van der Waals surface area contributed by atoms with Crippen LogP contribution < -0.4 is 5.32 Å². The molecule has 3 heterocycles. The first-order valence-electron chi connectivity index (χ1n) is 7.63. The van der Waals surface area contributed by atoms with E-state index in [0.29, 0.717) is 28.1 Å². The third-order valence-corrected chi connectivity index (χ3v) is 3.72. The van der Waals surface area contributed by atoms with Crippen molar-refractivity contribution in [3.63, 3.8) is 0 Å². The number of aromatic nitrogens is 4. The molecule has 1 aromatic carbocycles. The molecule has 4 rings (SSSR count). The summed E-state index contributed by atoms with van der Waals surface area (Å²) in [6.45, 7) is 1.77. The molecule has 0 radical (unpaired) electrons. The lowest BCUT2D eigenvalue weighted by atomic mass is 10.1. The standard InChI is InChI=1S/C18H13N5O2/c1-11-15-13(16(24)22-18-19-8-5-9-20-18)10-14(21-17(15)25-23-11)12-6-3-2-4-7-12/h2-10H,1H3,(H,19,20,22,24). The minimum Gasteiger partial charge on any atom is -0.335 e. The molecule has 0 saturated heterocycles. The Hall–Kier alpha value is -3.61. The number of amides is 1. The van der Waals surface area contributed by atoms with Gasteiger partial charge in [0.1, 0.15) is 0 Å². The Balaban J connectivity index is 1.83. The Labute approximate surface area is 142 Å². The lowest BCUT2D eigenvalue weighted by molar-refractivity contribution is 0.102. The number of nitrogens with zero attached hydrogens (tertiary/aromatic N) is 4. The van der Waals surface area contributed by atoms with Crippen LogP contribution in [0.2, 0.25) is 0 Å². The van der Waals surface area contributed by atoms with E-state index in [1.54, 1.807) is 31.5 Å². The van der Waals surface area contributed by atoms with Gasteiger partial charge in [-0.3, -0.25) is 10.1 Å². The third-order valence-electron chi connectivity index (χ3n) is 3.72. The molecule has 4 aromatic rings. The molecule has 7 nitrogen and oxygen atoms in total. The first kappa shape index (κ1) is 14.9. The molecule has 122 valence electrons. The molecule has 0 saturated carbocycles. The predicted molar refractivity (Wildman–Crippen MR) is 92.0 cm³/mol. The monoisotopic (exact) mass is 331 g/mol. The predicted octanol–water partition coefficient (Wildman–Crippen LogP) is 3.24. The summed E-state index contributed by atoms with van der Waals surface area (Å²) in [5.74, 6) is -0.116. The zero-order valence-electron chi connectivity index (χ0n) is 13.3. The smallest absolute Gasteiger partial charge is 0.259 e. The maximum absolute atomic E-state index is 12.8. The number of carbonyl (C=O) groups excluding carboxylic acids is 1. The number of aryl methyl sites for hydroxylation is 1. The third kappa shape index (κ3) is 2.83. The zero-order valence-corrected chi connectivity index (χ0v) is 13.3. The van der Waals surface area contributed by atoms with Crippen molar-refractivity contribution in [1.82, 2.24) is 20.1 Å². The summed E-state index contributed by atoms with van der Waals surface area (Å²) in [5, 5.41) is 7.20. The number of benzene rings is 1. The highest BCUT2D eigenvalue weighted by Crippen LogP contribution is 2.27. The van der Waals surface area contributed by atoms with Crippen molar-refractivity contribution in [3.05, 3.63) is 66.1 Å². The second kappa shape index (κ2) is 6.12. The molecule has 0 unspecified atom stereocenters. The van der Waals surface area contributed by atoms with Crippen molar-refractivity contribution in [2.45, 2.75) is 6.92 Å². The summed E-state index contributed by atoms with van der Waals surface area (Å²) in [6.07, 6.45) is 3.12. The number of nitrogens with one attached hydrogen (secondary N) is 1. The van der Waals surface area contributed by atoms with E-state index in [1.165, 1.54) is 0 Å². The molecule has 1 amide bonds. The van der Waals surface area contributed by atoms with Crippen molar-refractivity contribution < 1.29 is 9.32 Å². The van der Waals surface area contributed by atoms with Crippen LogP contribution in [0.4, 0.5) is 5.95 Å². The summed E-state index contributed by atoms with van der Waals surface area (Å²) in [7, 11) is 0. The van der Waals surface area contributed by atoms with E-state index < -0.39 is 0 Å². The van der Waals surface area contributed by atoms with Gasteiger partial charge in [-0.1, -0.05) is 35.5 Å². The SMILES string of the molecule is Cc1noc2nc(-c3ccccc3)cc(C(=O)Nc3ncccn3)c12. The maximum atomic E-state index is 12.8. The van der Waals surface area contributed by atoms with Gasteiger partial charge in [0.25, 0.3) is 11.6 Å². The van der Waals surface area contributed by atoms with Crippen LogP contribution in [0, 0.1) is 6.92 Å². The topological polar surface area (TPSA) is 93.8 Å². The van der Waals surface area contributed by atoms with Crippen LogP contribution in [-0.2, 0) is 0 Å². The highest BCUT2D eigenvalue weighted by Gasteiger charge is 2.20. The first-order chi connectivity index (χ1) is 12.2. The van der Waals surface area contributed by atoms with Crippen LogP contribution in [0.15, 0.2) is 59.4 Å². The van der Waals surface area contributed by atoms with E-state index in [-0.39, 0.29) is 11.9 Å². The van der Waals surface area contributed by atoms with Crippen molar-refractivity contribution >= 4 is 23.0 Å². The fourth-order valence-electron chi connectivity index (χ4n) is 2.56. The van der Waals surface area contributed by atoms with E-state index in [9.17, 15) is 4.79 Å². The van der Waals surface area contributed by atoms with E-state index in [4.69, 9.17) is 4.52 Å². The van der Waals surface area contributed by atoms with Crippen molar-refractivity contribution in [3.8, 4) is 11.3 Å². The Morgan fingerprint density at radius 2 is 1.84 bits per heavy atom. The van der Waals surface area contributed by atoms with Gasteiger partial charge in [-0.25, -0.2) is 15.0 Å². The number of anilines is 1. The zero-order chi connectivity index (χ0) is 17.2. The number of carbonyl (C=O) groups is 1. The van der Waals surface area contributed by atoms with Crippen LogP contribution in [-0.4, -0.2) is 26.0 Å².